The van der Waals surface area contributed by atoms with Crippen LogP contribution in [0.4, 0.5) is 0 Å². The lowest BCUT2D eigenvalue weighted by atomic mass is 9.82. The minimum atomic E-state index is 0.215. The minimum Gasteiger partial charge on any atom is -0.309 e. The fourth-order valence-corrected chi connectivity index (χ4v) is 9.90. The van der Waals surface area contributed by atoms with E-state index in [9.17, 15) is 0 Å². The largest absolute Gasteiger partial charge is 0.309 e. The van der Waals surface area contributed by atoms with Gasteiger partial charge in [-0.3, -0.25) is 4.57 Å². The first kappa shape index (κ1) is 42.1. The second-order valence-electron chi connectivity index (χ2n) is 17.5. The number of nitrogens with zero attached hydrogens (tertiary/aromatic N) is 3. The Morgan fingerprint density at radius 2 is 1.16 bits per heavy atom. The minimum absolute atomic E-state index is 0.215. The summed E-state index contributed by atoms with van der Waals surface area (Å²) in [6.07, 6.45) is 16.9. The molecule has 0 saturated heterocycles. The summed E-state index contributed by atoms with van der Waals surface area (Å²) in [7, 11) is 0. The van der Waals surface area contributed by atoms with Gasteiger partial charge in [-0.1, -0.05) is 182 Å². The molecule has 0 fully saturated rings. The highest BCUT2D eigenvalue weighted by molar-refractivity contribution is 5.96. The molecule has 3 heterocycles. The van der Waals surface area contributed by atoms with Gasteiger partial charge in [0.2, 0.25) is 0 Å². The van der Waals surface area contributed by atoms with Gasteiger partial charge in [0, 0.05) is 39.3 Å². The third-order valence-electron chi connectivity index (χ3n) is 13.2. The quantitative estimate of drug-likeness (QED) is 0.119. The molecule has 0 amide bonds. The zero-order chi connectivity index (χ0) is 45.8. The molecule has 0 radical (unpaired) electrons. The molecule has 7 aromatic carbocycles. The Balaban J connectivity index is 1.05. The number of rotatable bonds is 11. The Morgan fingerprint density at radius 3 is 1.85 bits per heavy atom. The molecule has 10 aromatic rings. The van der Waals surface area contributed by atoms with Crippen molar-refractivity contribution in [3.05, 3.63) is 276 Å². The Labute approximate surface area is 399 Å². The van der Waals surface area contributed by atoms with E-state index in [1.54, 1.807) is 0 Å². The van der Waals surface area contributed by atoms with Crippen LogP contribution in [0.15, 0.2) is 248 Å². The number of aryl methyl sites for hydroxylation is 1. The van der Waals surface area contributed by atoms with Crippen molar-refractivity contribution in [2.24, 2.45) is 0 Å². The molecule has 0 spiro atoms. The van der Waals surface area contributed by atoms with Gasteiger partial charge < -0.3 is 4.57 Å². The molecule has 68 heavy (non-hydrogen) atoms. The van der Waals surface area contributed by atoms with E-state index in [2.05, 4.69) is 278 Å². The summed E-state index contributed by atoms with van der Waals surface area (Å²) in [4.78, 5) is 5.47. The van der Waals surface area contributed by atoms with Gasteiger partial charge in [0.15, 0.2) is 0 Å². The van der Waals surface area contributed by atoms with Crippen LogP contribution < -0.4 is 0 Å². The van der Waals surface area contributed by atoms with E-state index >= 15 is 0 Å². The second-order valence-corrected chi connectivity index (χ2v) is 17.5. The Hall–Kier alpha value is -8.53. The molecule has 326 valence electrons. The van der Waals surface area contributed by atoms with E-state index in [0.717, 1.165) is 62.6 Å². The predicted octanol–water partition coefficient (Wildman–Crippen LogP) is 17.1. The molecule has 3 aromatic heterocycles. The molecule has 0 bridgehead atoms. The smallest absolute Gasteiger partial charge is 0.138 e. The molecule has 0 N–H and O–H groups in total. The van der Waals surface area contributed by atoms with E-state index < -0.39 is 0 Å². The number of allylic oxidation sites excluding steroid dienone is 8. The maximum atomic E-state index is 5.47. The number of fused-ring (bicyclic) bond motifs is 2. The van der Waals surface area contributed by atoms with Gasteiger partial charge in [-0.05, 0) is 143 Å². The molecule has 1 aliphatic carbocycles. The first-order chi connectivity index (χ1) is 33.6. The molecule has 0 aliphatic heterocycles. The molecule has 3 nitrogen and oxygen atoms in total. The average Bonchev–Trinajstić information content (AvgIpc) is 3.92. The van der Waals surface area contributed by atoms with E-state index in [-0.39, 0.29) is 5.92 Å². The number of aromatic nitrogens is 3. The van der Waals surface area contributed by atoms with Gasteiger partial charge in [-0.15, -0.1) is 0 Å². The van der Waals surface area contributed by atoms with Crippen LogP contribution in [0, 0.1) is 6.92 Å². The van der Waals surface area contributed by atoms with Crippen molar-refractivity contribution in [3.63, 3.8) is 0 Å². The summed E-state index contributed by atoms with van der Waals surface area (Å²) in [5.41, 5.74) is 18.6. The lowest BCUT2D eigenvalue weighted by Gasteiger charge is -2.26. The van der Waals surface area contributed by atoms with Gasteiger partial charge >= 0.3 is 0 Å². The van der Waals surface area contributed by atoms with Crippen molar-refractivity contribution < 1.29 is 0 Å². The van der Waals surface area contributed by atoms with Crippen molar-refractivity contribution in [2.45, 2.75) is 26.2 Å². The Morgan fingerprint density at radius 1 is 0.559 bits per heavy atom. The maximum Gasteiger partial charge on any atom is 0.138 e. The van der Waals surface area contributed by atoms with Crippen molar-refractivity contribution in [2.75, 3.05) is 0 Å². The first-order valence-corrected chi connectivity index (χ1v) is 23.6. The standard InChI is InChI=1S/C65H51N3/c1-3-4-33-63(57-43-54(49-26-13-7-14-27-49)40-55(44-57)50-28-15-8-16-29-50)68-61(46(2)59-31-18-20-35-64(59)68)38-37-58-45-51-30-17-19-34-62(51)67(58)65-36-21-32-60(66-65)56-41-52(47-22-9-5-10-23-47)39-53(42-56)48-24-11-6-12-25-48/h3-43,45,55H,44H2,1-2H3/b4-3-,38-37-,63-33-. The van der Waals surface area contributed by atoms with E-state index in [1.807, 2.05) is 0 Å². The van der Waals surface area contributed by atoms with E-state index in [4.69, 9.17) is 4.98 Å². The van der Waals surface area contributed by atoms with E-state index in [0.29, 0.717) is 0 Å². The van der Waals surface area contributed by atoms with Gasteiger partial charge in [-0.2, -0.15) is 0 Å². The summed E-state index contributed by atoms with van der Waals surface area (Å²) in [6.45, 7) is 4.35. The van der Waals surface area contributed by atoms with Crippen molar-refractivity contribution in [1.29, 1.82) is 0 Å². The van der Waals surface area contributed by atoms with Gasteiger partial charge in [0.25, 0.3) is 0 Å². The van der Waals surface area contributed by atoms with Crippen LogP contribution in [0.1, 0.15) is 47.3 Å². The van der Waals surface area contributed by atoms with Crippen molar-refractivity contribution in [3.8, 4) is 39.3 Å². The SMILES string of the molecule is C/C=C\C=C(\C1=CC(c2ccccc2)=CC(c2ccccc2)C1)n1c(/C=C\c2cc3ccccc3n2-c2cccc(-c3cc(-c4ccccc4)cc(-c4ccccc4)c3)n2)c(C)c2ccccc21. The zero-order valence-corrected chi connectivity index (χ0v) is 38.4. The number of hydrogen-bond donors (Lipinski definition) is 0. The monoisotopic (exact) mass is 873 g/mol. The third kappa shape index (κ3) is 8.31. The highest BCUT2D eigenvalue weighted by Gasteiger charge is 2.24. The number of benzene rings is 7. The summed E-state index contributed by atoms with van der Waals surface area (Å²) in [5.74, 6) is 1.08. The summed E-state index contributed by atoms with van der Waals surface area (Å²) < 4.78 is 4.79. The average molecular weight is 874 g/mol. The van der Waals surface area contributed by atoms with Crippen molar-refractivity contribution in [1.82, 2.24) is 14.1 Å². The Bertz CT molecular complexity index is 3520. The van der Waals surface area contributed by atoms with Crippen LogP contribution in [0.3, 0.4) is 0 Å². The number of para-hydroxylation sites is 2. The second kappa shape index (κ2) is 18.8. The van der Waals surface area contributed by atoms with Gasteiger partial charge in [0.1, 0.15) is 5.82 Å². The molecule has 0 saturated carbocycles. The topological polar surface area (TPSA) is 22.8 Å². The van der Waals surface area contributed by atoms with Crippen LogP contribution in [0.5, 0.6) is 0 Å². The molecule has 11 rings (SSSR count). The molecule has 1 aliphatic rings. The normalized spacial score (nSPS) is 14.3. The predicted molar refractivity (Wildman–Crippen MR) is 288 cm³/mol. The molecular formula is C65H51N3. The number of pyridine rings is 1. The zero-order valence-electron chi connectivity index (χ0n) is 38.4. The molecule has 1 unspecified atom stereocenters. The van der Waals surface area contributed by atoms with Crippen molar-refractivity contribution >= 4 is 45.2 Å². The molecule has 1 atom stereocenters. The first-order valence-electron chi connectivity index (χ1n) is 23.6. The van der Waals surface area contributed by atoms with Crippen LogP contribution in [-0.4, -0.2) is 14.1 Å². The van der Waals surface area contributed by atoms with Crippen LogP contribution >= 0.6 is 0 Å². The third-order valence-corrected chi connectivity index (χ3v) is 13.2. The van der Waals surface area contributed by atoms with Gasteiger partial charge in [-0.25, -0.2) is 4.98 Å². The van der Waals surface area contributed by atoms with Crippen LogP contribution in [-0.2, 0) is 0 Å². The van der Waals surface area contributed by atoms with E-state index in [1.165, 1.54) is 49.9 Å². The fourth-order valence-electron chi connectivity index (χ4n) is 9.90. The highest BCUT2D eigenvalue weighted by Crippen LogP contribution is 2.42. The number of hydrogen-bond acceptors (Lipinski definition) is 1. The van der Waals surface area contributed by atoms with Crippen LogP contribution in [0.2, 0.25) is 0 Å². The summed E-state index contributed by atoms with van der Waals surface area (Å²) in [6, 6.07) is 75.9. The maximum absolute atomic E-state index is 5.47. The van der Waals surface area contributed by atoms with Gasteiger partial charge in [0.05, 0.1) is 16.7 Å². The summed E-state index contributed by atoms with van der Waals surface area (Å²) in [5, 5.41) is 2.39. The van der Waals surface area contributed by atoms with Crippen LogP contribution in [0.25, 0.3) is 84.6 Å². The lowest BCUT2D eigenvalue weighted by molar-refractivity contribution is 0.826. The lowest BCUT2D eigenvalue weighted by Crippen LogP contribution is -2.10. The molecular weight excluding hydrogens is 823 g/mol. The summed E-state index contributed by atoms with van der Waals surface area (Å²) >= 11 is 0. The Kier molecular flexibility index (Phi) is 11.6. The molecule has 3 heteroatoms. The fraction of sp³-hybridized carbons (Fsp3) is 0.0615. The highest BCUT2D eigenvalue weighted by atomic mass is 15.1.